The summed E-state index contributed by atoms with van der Waals surface area (Å²) in [6, 6.07) is 13.4. The lowest BCUT2D eigenvalue weighted by Gasteiger charge is -2.22. The summed E-state index contributed by atoms with van der Waals surface area (Å²) in [5.41, 5.74) is 10.0. The molecule has 0 aliphatic rings. The van der Waals surface area contributed by atoms with E-state index in [1.807, 2.05) is 56.1 Å². The van der Waals surface area contributed by atoms with Gasteiger partial charge in [-0.15, -0.1) is 0 Å². The van der Waals surface area contributed by atoms with E-state index in [0.29, 0.717) is 18.7 Å². The van der Waals surface area contributed by atoms with Gasteiger partial charge < -0.3 is 10.8 Å². The van der Waals surface area contributed by atoms with E-state index in [1.54, 1.807) is 12.1 Å². The van der Waals surface area contributed by atoms with Gasteiger partial charge in [0.2, 0.25) is 5.91 Å². The first kappa shape index (κ1) is 17.2. The van der Waals surface area contributed by atoms with Gasteiger partial charge in [0, 0.05) is 18.7 Å². The van der Waals surface area contributed by atoms with Gasteiger partial charge in [0.25, 0.3) is 0 Å². The van der Waals surface area contributed by atoms with Crippen LogP contribution in [0.5, 0.6) is 0 Å². The molecule has 3 N–H and O–H groups in total. The quantitative estimate of drug-likeness (QED) is 0.861. The van der Waals surface area contributed by atoms with Crippen molar-refractivity contribution in [3.8, 4) is 0 Å². The highest BCUT2D eigenvalue weighted by Gasteiger charge is 2.14. The number of aryl methyl sites for hydroxylation is 2. The summed E-state index contributed by atoms with van der Waals surface area (Å²) in [6.45, 7) is 5.19. The summed E-state index contributed by atoms with van der Waals surface area (Å²) in [5.74, 6) is -0.426. The Kier molecular flexibility index (Phi) is 5.53. The lowest BCUT2D eigenvalue weighted by Crippen LogP contribution is -2.25. The zero-order chi connectivity index (χ0) is 17.0. The van der Waals surface area contributed by atoms with Crippen LogP contribution in [0, 0.1) is 13.8 Å². The number of carbonyl (C=O) groups is 1. The molecule has 0 unspecified atom stereocenters. The lowest BCUT2D eigenvalue weighted by atomic mass is 10.0. The average molecular weight is 312 g/mol. The summed E-state index contributed by atoms with van der Waals surface area (Å²) in [5, 5.41) is 10.5. The van der Waals surface area contributed by atoms with Gasteiger partial charge in [-0.1, -0.05) is 35.9 Å². The van der Waals surface area contributed by atoms with Gasteiger partial charge in [0.15, 0.2) is 0 Å². The fraction of sp³-hybridized carbons (Fsp3) is 0.316. The molecule has 122 valence electrons. The maximum absolute atomic E-state index is 11.2. The van der Waals surface area contributed by atoms with Crippen LogP contribution >= 0.6 is 0 Å². The van der Waals surface area contributed by atoms with Crippen molar-refractivity contribution in [2.24, 2.45) is 5.73 Å². The van der Waals surface area contributed by atoms with Gasteiger partial charge >= 0.3 is 0 Å². The van der Waals surface area contributed by atoms with E-state index in [-0.39, 0.29) is 0 Å². The third kappa shape index (κ3) is 4.65. The van der Waals surface area contributed by atoms with Crippen LogP contribution in [0.25, 0.3) is 0 Å². The fourth-order valence-electron chi connectivity index (χ4n) is 2.71. The predicted molar refractivity (Wildman–Crippen MR) is 92.2 cm³/mol. The minimum absolute atomic E-state index is 0.426. The second-order valence-electron chi connectivity index (χ2n) is 6.14. The monoisotopic (exact) mass is 312 g/mol. The van der Waals surface area contributed by atoms with Crippen molar-refractivity contribution in [2.45, 2.75) is 26.5 Å². The van der Waals surface area contributed by atoms with Crippen molar-refractivity contribution in [2.75, 3.05) is 13.6 Å². The largest absolute Gasteiger partial charge is 0.387 e. The molecule has 0 heterocycles. The standard InChI is InChI=1S/C19H24N2O2/c1-13-7-8-14(2)17(9-13)18(22)12-21(3)11-15-5-4-6-16(10-15)19(20)23/h4-10,18,22H,11-12H2,1-3H3,(H2,20,23)/t18-/m1/s1. The zero-order valence-electron chi connectivity index (χ0n) is 13.9. The predicted octanol–water partition coefficient (Wildman–Crippen LogP) is 2.57. The normalized spacial score (nSPS) is 12.4. The Morgan fingerprint density at radius 2 is 1.96 bits per heavy atom. The first-order valence-corrected chi connectivity index (χ1v) is 7.69. The zero-order valence-corrected chi connectivity index (χ0v) is 13.9. The maximum Gasteiger partial charge on any atom is 0.248 e. The Balaban J connectivity index is 2.04. The molecule has 0 spiro atoms. The van der Waals surface area contributed by atoms with Crippen molar-refractivity contribution in [1.29, 1.82) is 0 Å². The molecule has 2 rings (SSSR count). The molecule has 4 nitrogen and oxygen atoms in total. The van der Waals surface area contributed by atoms with E-state index in [1.165, 1.54) is 0 Å². The number of benzene rings is 2. The van der Waals surface area contributed by atoms with Gasteiger partial charge in [-0.05, 0) is 49.7 Å². The number of amides is 1. The summed E-state index contributed by atoms with van der Waals surface area (Å²) in [7, 11) is 1.95. The topological polar surface area (TPSA) is 66.6 Å². The Morgan fingerprint density at radius 3 is 2.65 bits per heavy atom. The van der Waals surface area contributed by atoms with Gasteiger partial charge in [-0.2, -0.15) is 0 Å². The maximum atomic E-state index is 11.2. The molecule has 1 atom stereocenters. The molecular formula is C19H24N2O2. The number of aliphatic hydroxyl groups is 1. The highest BCUT2D eigenvalue weighted by atomic mass is 16.3. The minimum atomic E-state index is -0.542. The van der Waals surface area contributed by atoms with Crippen LogP contribution in [-0.4, -0.2) is 29.5 Å². The van der Waals surface area contributed by atoms with E-state index < -0.39 is 12.0 Å². The van der Waals surface area contributed by atoms with Gasteiger partial charge in [0.1, 0.15) is 0 Å². The van der Waals surface area contributed by atoms with Crippen LogP contribution in [0.3, 0.4) is 0 Å². The summed E-state index contributed by atoms with van der Waals surface area (Å²) in [4.78, 5) is 13.3. The highest BCUT2D eigenvalue weighted by Crippen LogP contribution is 2.20. The molecule has 2 aromatic rings. The first-order chi connectivity index (χ1) is 10.9. The molecule has 0 radical (unpaired) electrons. The third-order valence-electron chi connectivity index (χ3n) is 3.94. The number of hydrogen-bond donors (Lipinski definition) is 2. The highest BCUT2D eigenvalue weighted by molar-refractivity contribution is 5.92. The minimum Gasteiger partial charge on any atom is -0.387 e. The SMILES string of the molecule is Cc1ccc(C)c([C@H](O)CN(C)Cc2cccc(C(N)=O)c2)c1. The summed E-state index contributed by atoms with van der Waals surface area (Å²) < 4.78 is 0. The van der Waals surface area contributed by atoms with Crippen LogP contribution in [0.4, 0.5) is 0 Å². The molecule has 0 aliphatic carbocycles. The van der Waals surface area contributed by atoms with Crippen molar-refractivity contribution < 1.29 is 9.90 Å². The van der Waals surface area contributed by atoms with E-state index in [9.17, 15) is 9.90 Å². The van der Waals surface area contributed by atoms with Crippen LogP contribution < -0.4 is 5.73 Å². The number of carbonyl (C=O) groups excluding carboxylic acids is 1. The van der Waals surface area contributed by atoms with Crippen LogP contribution in [0.15, 0.2) is 42.5 Å². The van der Waals surface area contributed by atoms with Crippen molar-refractivity contribution in [3.05, 3.63) is 70.3 Å². The van der Waals surface area contributed by atoms with Crippen LogP contribution in [-0.2, 0) is 6.54 Å². The molecule has 4 heteroatoms. The Labute approximate surface area is 137 Å². The van der Waals surface area contributed by atoms with E-state index >= 15 is 0 Å². The third-order valence-corrected chi connectivity index (χ3v) is 3.94. The van der Waals surface area contributed by atoms with Gasteiger partial charge in [-0.3, -0.25) is 9.69 Å². The van der Waals surface area contributed by atoms with Crippen LogP contribution in [0.1, 0.15) is 38.7 Å². The average Bonchev–Trinajstić information content (AvgIpc) is 2.49. The summed E-state index contributed by atoms with van der Waals surface area (Å²) in [6.07, 6.45) is -0.542. The van der Waals surface area contributed by atoms with Crippen molar-refractivity contribution in [3.63, 3.8) is 0 Å². The molecule has 2 aromatic carbocycles. The Hall–Kier alpha value is -2.17. The number of aliphatic hydroxyl groups excluding tert-OH is 1. The van der Waals surface area contributed by atoms with E-state index in [2.05, 4.69) is 0 Å². The van der Waals surface area contributed by atoms with E-state index in [4.69, 9.17) is 5.73 Å². The fourth-order valence-corrected chi connectivity index (χ4v) is 2.71. The van der Waals surface area contributed by atoms with Crippen molar-refractivity contribution >= 4 is 5.91 Å². The summed E-state index contributed by atoms with van der Waals surface area (Å²) >= 11 is 0. The smallest absolute Gasteiger partial charge is 0.248 e. The molecule has 0 aromatic heterocycles. The number of nitrogens with two attached hydrogens (primary N) is 1. The number of nitrogens with zero attached hydrogens (tertiary/aromatic N) is 1. The Bertz CT molecular complexity index is 698. The molecule has 0 saturated carbocycles. The second-order valence-corrected chi connectivity index (χ2v) is 6.14. The van der Waals surface area contributed by atoms with Gasteiger partial charge in [0.05, 0.1) is 6.10 Å². The second kappa shape index (κ2) is 7.40. The van der Waals surface area contributed by atoms with Gasteiger partial charge in [-0.25, -0.2) is 0 Å². The van der Waals surface area contributed by atoms with E-state index in [0.717, 1.165) is 22.3 Å². The molecule has 1 amide bonds. The molecular weight excluding hydrogens is 288 g/mol. The molecule has 0 bridgehead atoms. The van der Waals surface area contributed by atoms with Crippen molar-refractivity contribution in [1.82, 2.24) is 4.90 Å². The molecule has 0 aliphatic heterocycles. The number of primary amides is 1. The number of likely N-dealkylation sites (N-methyl/N-ethyl adjacent to an activating group) is 1. The Morgan fingerprint density at radius 1 is 1.22 bits per heavy atom. The number of rotatable bonds is 6. The molecule has 0 fully saturated rings. The molecule has 23 heavy (non-hydrogen) atoms. The number of hydrogen-bond acceptors (Lipinski definition) is 3. The van der Waals surface area contributed by atoms with Crippen LogP contribution in [0.2, 0.25) is 0 Å². The molecule has 0 saturated heterocycles. The first-order valence-electron chi connectivity index (χ1n) is 7.69. The lowest BCUT2D eigenvalue weighted by molar-refractivity contribution is 0.0999.